The van der Waals surface area contributed by atoms with Gasteiger partial charge in [0.05, 0.1) is 19.3 Å². The Bertz CT molecular complexity index is 603. The molecule has 0 bridgehead atoms. The Morgan fingerprint density at radius 3 is 2.31 bits per heavy atom. The Balaban J connectivity index is 2.09. The fourth-order valence-electron chi connectivity index (χ4n) is 4.33. The normalized spacial score (nSPS) is 20.2. The summed E-state index contributed by atoms with van der Waals surface area (Å²) < 4.78 is 5.32. The first-order valence-electron chi connectivity index (χ1n) is 12.3. The van der Waals surface area contributed by atoms with Gasteiger partial charge in [-0.25, -0.2) is 4.79 Å². The third-order valence-electron chi connectivity index (χ3n) is 6.45. The number of aliphatic hydroxyl groups excluding tert-OH is 1. The number of rotatable bonds is 11. The molecule has 2 rings (SSSR count). The summed E-state index contributed by atoms with van der Waals surface area (Å²) >= 11 is 0. The first-order valence-corrected chi connectivity index (χ1v) is 12.3. The van der Waals surface area contributed by atoms with Crippen LogP contribution in [-0.2, 0) is 14.3 Å². The van der Waals surface area contributed by atoms with E-state index in [0.717, 1.165) is 44.9 Å². The van der Waals surface area contributed by atoms with Crippen molar-refractivity contribution in [1.29, 1.82) is 0 Å². The van der Waals surface area contributed by atoms with Crippen molar-refractivity contribution in [1.82, 2.24) is 20.9 Å². The molecule has 0 spiro atoms. The molecule has 2 atom stereocenters. The van der Waals surface area contributed by atoms with Gasteiger partial charge >= 0.3 is 6.03 Å². The van der Waals surface area contributed by atoms with E-state index in [1.165, 1.54) is 0 Å². The van der Waals surface area contributed by atoms with Crippen molar-refractivity contribution in [3.05, 3.63) is 0 Å². The number of amides is 4. The van der Waals surface area contributed by atoms with E-state index < -0.39 is 23.6 Å². The number of nitrogens with one attached hydrogen (secondary N) is 3. The molecular weight excluding hydrogens is 412 g/mol. The van der Waals surface area contributed by atoms with Gasteiger partial charge in [-0.3, -0.25) is 9.59 Å². The third kappa shape index (κ3) is 7.62. The van der Waals surface area contributed by atoms with Crippen molar-refractivity contribution >= 4 is 17.8 Å². The van der Waals surface area contributed by atoms with Gasteiger partial charge in [0.25, 0.3) is 5.91 Å². The molecule has 0 aromatic heterocycles. The lowest BCUT2D eigenvalue weighted by atomic mass is 9.80. The summed E-state index contributed by atoms with van der Waals surface area (Å²) in [6.45, 7) is 6.54. The highest BCUT2D eigenvalue weighted by molar-refractivity contribution is 5.92. The molecule has 9 heteroatoms. The molecule has 1 heterocycles. The van der Waals surface area contributed by atoms with Gasteiger partial charge in [-0.05, 0) is 25.7 Å². The van der Waals surface area contributed by atoms with Gasteiger partial charge in [0.1, 0.15) is 5.54 Å². The van der Waals surface area contributed by atoms with Crippen LogP contribution >= 0.6 is 0 Å². The zero-order valence-electron chi connectivity index (χ0n) is 19.8. The van der Waals surface area contributed by atoms with E-state index in [2.05, 4.69) is 16.0 Å². The average Bonchev–Trinajstić information content (AvgIpc) is 2.82. The zero-order valence-corrected chi connectivity index (χ0v) is 19.8. The molecule has 0 radical (unpaired) electrons. The lowest BCUT2D eigenvalue weighted by Gasteiger charge is -2.40. The van der Waals surface area contributed by atoms with Gasteiger partial charge in [-0.1, -0.05) is 52.4 Å². The van der Waals surface area contributed by atoms with E-state index in [-0.39, 0.29) is 11.9 Å². The molecule has 2 aliphatic rings. The topological polar surface area (TPSA) is 120 Å². The SMILES string of the molecule is CCCCNC(=O)C(O)C(CCCC)NC(=O)C1(NC(=O)N2CCOCC2)CCCCC1. The monoisotopic (exact) mass is 454 g/mol. The van der Waals surface area contributed by atoms with Crippen LogP contribution < -0.4 is 16.0 Å². The molecule has 9 nitrogen and oxygen atoms in total. The van der Waals surface area contributed by atoms with Crippen LogP contribution in [-0.4, -0.2) is 78.4 Å². The predicted octanol–water partition coefficient (Wildman–Crippen LogP) is 1.68. The molecule has 1 aliphatic carbocycles. The van der Waals surface area contributed by atoms with Gasteiger partial charge < -0.3 is 30.7 Å². The highest BCUT2D eigenvalue weighted by Crippen LogP contribution is 2.29. The number of morpholine rings is 1. The number of urea groups is 1. The van der Waals surface area contributed by atoms with Crippen LogP contribution in [0.1, 0.15) is 78.1 Å². The Morgan fingerprint density at radius 2 is 1.69 bits per heavy atom. The first-order chi connectivity index (χ1) is 15.4. The second kappa shape index (κ2) is 13.6. The molecule has 0 aromatic carbocycles. The molecule has 32 heavy (non-hydrogen) atoms. The van der Waals surface area contributed by atoms with Crippen molar-refractivity contribution < 1.29 is 24.2 Å². The number of hydrogen-bond acceptors (Lipinski definition) is 5. The minimum Gasteiger partial charge on any atom is -0.381 e. The molecule has 0 aromatic rings. The fourth-order valence-corrected chi connectivity index (χ4v) is 4.33. The zero-order chi connectivity index (χ0) is 23.4. The maximum Gasteiger partial charge on any atom is 0.318 e. The molecule has 1 saturated heterocycles. The summed E-state index contributed by atoms with van der Waals surface area (Å²) in [5.74, 6) is -0.768. The minimum absolute atomic E-state index is 0.256. The molecule has 2 fully saturated rings. The Morgan fingerprint density at radius 1 is 1.03 bits per heavy atom. The largest absolute Gasteiger partial charge is 0.381 e. The molecule has 1 saturated carbocycles. The predicted molar refractivity (Wildman–Crippen MR) is 122 cm³/mol. The average molecular weight is 455 g/mol. The van der Waals surface area contributed by atoms with Crippen LogP contribution in [0, 0.1) is 0 Å². The fraction of sp³-hybridized carbons (Fsp3) is 0.870. The lowest BCUT2D eigenvalue weighted by Crippen LogP contribution is -2.65. The van der Waals surface area contributed by atoms with Crippen LogP contribution in [0.4, 0.5) is 4.79 Å². The first kappa shape index (κ1) is 26.4. The molecular formula is C23H42N4O5. The summed E-state index contributed by atoms with van der Waals surface area (Å²) in [6, 6.07) is -0.948. The Hall–Kier alpha value is -1.87. The Kier molecular flexibility index (Phi) is 11.2. The van der Waals surface area contributed by atoms with Gasteiger partial charge in [0.2, 0.25) is 5.91 Å². The Labute approximate surface area is 192 Å². The molecule has 1 aliphatic heterocycles. The number of carbonyl (C=O) groups is 3. The second-order valence-electron chi connectivity index (χ2n) is 8.98. The molecule has 184 valence electrons. The molecule has 2 unspecified atom stereocenters. The van der Waals surface area contributed by atoms with Crippen molar-refractivity contribution in [3.8, 4) is 0 Å². The number of unbranched alkanes of at least 4 members (excludes halogenated alkanes) is 2. The van der Waals surface area contributed by atoms with Crippen molar-refractivity contribution in [2.45, 2.75) is 95.7 Å². The summed E-state index contributed by atoms with van der Waals surface area (Å²) in [5.41, 5.74) is -1.02. The van der Waals surface area contributed by atoms with Crippen LogP contribution in [0.25, 0.3) is 0 Å². The minimum atomic E-state index is -1.32. The summed E-state index contributed by atoms with van der Waals surface area (Å²) in [6.07, 6.45) is 6.42. The van der Waals surface area contributed by atoms with Crippen LogP contribution in [0.3, 0.4) is 0 Å². The maximum atomic E-state index is 13.5. The van der Waals surface area contributed by atoms with E-state index in [0.29, 0.717) is 52.1 Å². The van der Waals surface area contributed by atoms with E-state index in [9.17, 15) is 19.5 Å². The number of nitrogens with zero attached hydrogens (tertiary/aromatic N) is 1. The van der Waals surface area contributed by atoms with Crippen LogP contribution in [0.2, 0.25) is 0 Å². The van der Waals surface area contributed by atoms with Gasteiger partial charge in [0, 0.05) is 19.6 Å². The standard InChI is InChI=1S/C23H42N4O5/c1-3-5-10-18(19(28)20(29)24-13-6-4-2)25-21(30)23(11-8-7-9-12-23)26-22(31)27-14-16-32-17-15-27/h18-19,28H,3-17H2,1-2H3,(H,24,29)(H,25,30)(H,26,31). The van der Waals surface area contributed by atoms with Crippen molar-refractivity contribution in [3.63, 3.8) is 0 Å². The smallest absolute Gasteiger partial charge is 0.318 e. The van der Waals surface area contributed by atoms with E-state index in [1.54, 1.807) is 4.90 Å². The van der Waals surface area contributed by atoms with Gasteiger partial charge in [-0.15, -0.1) is 0 Å². The van der Waals surface area contributed by atoms with E-state index >= 15 is 0 Å². The van der Waals surface area contributed by atoms with Crippen molar-refractivity contribution in [2.24, 2.45) is 0 Å². The van der Waals surface area contributed by atoms with Gasteiger partial charge in [-0.2, -0.15) is 0 Å². The lowest BCUT2D eigenvalue weighted by molar-refractivity contribution is -0.134. The van der Waals surface area contributed by atoms with Gasteiger partial charge in [0.15, 0.2) is 6.10 Å². The quantitative estimate of drug-likeness (QED) is 0.354. The summed E-state index contributed by atoms with van der Waals surface area (Å²) in [7, 11) is 0. The summed E-state index contributed by atoms with van der Waals surface area (Å²) in [5, 5.41) is 19.4. The van der Waals surface area contributed by atoms with E-state index in [1.807, 2.05) is 13.8 Å². The summed E-state index contributed by atoms with van der Waals surface area (Å²) in [4.78, 5) is 40.5. The third-order valence-corrected chi connectivity index (χ3v) is 6.45. The number of ether oxygens (including phenoxy) is 1. The van der Waals surface area contributed by atoms with Crippen molar-refractivity contribution in [2.75, 3.05) is 32.8 Å². The van der Waals surface area contributed by atoms with Crippen LogP contribution in [0.15, 0.2) is 0 Å². The number of hydrogen-bond donors (Lipinski definition) is 4. The molecule has 4 N–H and O–H groups in total. The maximum absolute atomic E-state index is 13.5. The highest BCUT2D eigenvalue weighted by Gasteiger charge is 2.43. The van der Waals surface area contributed by atoms with E-state index in [4.69, 9.17) is 4.74 Å². The number of carbonyl (C=O) groups excluding carboxylic acids is 3. The van der Waals surface area contributed by atoms with Crippen LogP contribution in [0.5, 0.6) is 0 Å². The highest BCUT2D eigenvalue weighted by atomic mass is 16.5. The second-order valence-corrected chi connectivity index (χ2v) is 8.98. The molecule has 4 amide bonds. The number of aliphatic hydroxyl groups is 1.